The number of halogens is 4. The second-order valence-electron chi connectivity index (χ2n) is 8.55. The van der Waals surface area contributed by atoms with Gasteiger partial charge in [-0.1, -0.05) is 0 Å². The summed E-state index contributed by atoms with van der Waals surface area (Å²) < 4.78 is 65.0. The normalized spacial score (nSPS) is 28.8. The number of rotatable bonds is 6. The molecular weight excluding hydrogens is 372 g/mol. The highest BCUT2D eigenvalue weighted by molar-refractivity contribution is 5.34. The number of benzene rings is 1. The Morgan fingerprint density at radius 2 is 1.36 bits per heavy atom. The highest BCUT2D eigenvalue weighted by Gasteiger charge is 2.39. The molecule has 2 aliphatic rings. The monoisotopic (exact) mass is 402 g/mol. The van der Waals surface area contributed by atoms with Gasteiger partial charge in [0.15, 0.2) is 11.5 Å². The summed E-state index contributed by atoms with van der Waals surface area (Å²) in [5.41, 5.74) is 0. The van der Waals surface area contributed by atoms with Gasteiger partial charge in [0.1, 0.15) is 0 Å². The van der Waals surface area contributed by atoms with Crippen LogP contribution in [-0.4, -0.2) is 19.6 Å². The summed E-state index contributed by atoms with van der Waals surface area (Å²) in [4.78, 5) is 0. The zero-order chi connectivity index (χ0) is 20.3. The minimum Gasteiger partial charge on any atom is -0.494 e. The Morgan fingerprint density at radius 1 is 0.857 bits per heavy atom. The van der Waals surface area contributed by atoms with Crippen LogP contribution in [0.2, 0.25) is 0 Å². The van der Waals surface area contributed by atoms with E-state index in [2.05, 4.69) is 0 Å². The molecular formula is C22H30F4O2. The highest BCUT2D eigenvalue weighted by atomic mass is 19.3. The maximum atomic E-state index is 14.0. The Balaban J connectivity index is 1.43. The van der Waals surface area contributed by atoms with Crippen molar-refractivity contribution in [2.75, 3.05) is 13.7 Å². The Labute approximate surface area is 164 Å². The van der Waals surface area contributed by atoms with Gasteiger partial charge in [-0.25, -0.2) is 8.78 Å². The molecule has 2 nitrogen and oxygen atoms in total. The van der Waals surface area contributed by atoms with Crippen molar-refractivity contribution in [1.82, 2.24) is 0 Å². The van der Waals surface area contributed by atoms with E-state index in [1.165, 1.54) is 19.2 Å². The number of alkyl halides is 2. The maximum absolute atomic E-state index is 14.0. The van der Waals surface area contributed by atoms with Gasteiger partial charge in [-0.05, 0) is 88.2 Å². The van der Waals surface area contributed by atoms with Crippen LogP contribution in [0.5, 0.6) is 11.5 Å². The molecule has 0 unspecified atom stereocenters. The zero-order valence-corrected chi connectivity index (χ0v) is 16.7. The van der Waals surface area contributed by atoms with E-state index < -0.39 is 23.5 Å². The van der Waals surface area contributed by atoms with Crippen LogP contribution in [0.4, 0.5) is 17.6 Å². The van der Waals surface area contributed by atoms with Crippen LogP contribution in [-0.2, 0) is 0 Å². The third kappa shape index (κ3) is 4.93. The van der Waals surface area contributed by atoms with Crippen LogP contribution in [0, 0.1) is 35.3 Å². The van der Waals surface area contributed by atoms with E-state index in [1.807, 2.05) is 0 Å². The molecule has 0 radical (unpaired) electrons. The molecule has 2 saturated carbocycles. The Hall–Kier alpha value is -1.46. The van der Waals surface area contributed by atoms with Crippen molar-refractivity contribution in [3.8, 4) is 11.5 Å². The van der Waals surface area contributed by atoms with E-state index >= 15 is 0 Å². The van der Waals surface area contributed by atoms with Crippen LogP contribution in [0.15, 0.2) is 12.1 Å². The molecule has 3 rings (SSSR count). The third-order valence-electron chi connectivity index (χ3n) is 6.75. The van der Waals surface area contributed by atoms with Gasteiger partial charge >= 0.3 is 0 Å². The summed E-state index contributed by atoms with van der Waals surface area (Å²) >= 11 is 0. The lowest BCUT2D eigenvalue weighted by atomic mass is 9.68. The topological polar surface area (TPSA) is 18.5 Å². The quantitative estimate of drug-likeness (QED) is 0.498. The van der Waals surface area contributed by atoms with Gasteiger partial charge in [0.25, 0.3) is 0 Å². The first-order valence-corrected chi connectivity index (χ1v) is 10.3. The fraction of sp³-hybridized carbons (Fsp3) is 0.727. The molecule has 28 heavy (non-hydrogen) atoms. The summed E-state index contributed by atoms with van der Waals surface area (Å²) in [5.74, 6) is -3.83. The van der Waals surface area contributed by atoms with Crippen molar-refractivity contribution in [3.63, 3.8) is 0 Å². The van der Waals surface area contributed by atoms with Crippen LogP contribution in [0.25, 0.3) is 0 Å². The van der Waals surface area contributed by atoms with E-state index in [-0.39, 0.29) is 11.5 Å². The first kappa shape index (κ1) is 21.3. The second kappa shape index (κ2) is 8.91. The molecule has 6 heteroatoms. The van der Waals surface area contributed by atoms with E-state index in [0.717, 1.165) is 45.4 Å². The lowest BCUT2D eigenvalue weighted by molar-refractivity contribution is -0.0619. The molecule has 0 N–H and O–H groups in total. The van der Waals surface area contributed by atoms with Crippen molar-refractivity contribution >= 4 is 0 Å². The third-order valence-corrected chi connectivity index (χ3v) is 6.75. The number of hydrogen-bond acceptors (Lipinski definition) is 2. The highest BCUT2D eigenvalue weighted by Crippen LogP contribution is 2.44. The van der Waals surface area contributed by atoms with Crippen molar-refractivity contribution in [3.05, 3.63) is 23.8 Å². The largest absolute Gasteiger partial charge is 0.494 e. The summed E-state index contributed by atoms with van der Waals surface area (Å²) in [7, 11) is 1.29. The van der Waals surface area contributed by atoms with Crippen LogP contribution < -0.4 is 9.47 Å². The average molecular weight is 402 g/mol. The summed E-state index contributed by atoms with van der Waals surface area (Å²) in [6.45, 7) is 1.41. The lowest BCUT2D eigenvalue weighted by Gasteiger charge is -2.39. The molecule has 0 amide bonds. The van der Waals surface area contributed by atoms with Gasteiger partial charge in [0.2, 0.25) is 17.6 Å². The molecule has 0 aliphatic heterocycles. The van der Waals surface area contributed by atoms with E-state index in [1.54, 1.807) is 0 Å². The van der Waals surface area contributed by atoms with Gasteiger partial charge in [-0.2, -0.15) is 8.78 Å². The molecule has 1 aromatic carbocycles. The predicted octanol–water partition coefficient (Wildman–Crippen LogP) is 6.62. The van der Waals surface area contributed by atoms with Crippen molar-refractivity contribution in [1.29, 1.82) is 0 Å². The van der Waals surface area contributed by atoms with Gasteiger partial charge < -0.3 is 9.47 Å². The molecule has 2 fully saturated rings. The van der Waals surface area contributed by atoms with Crippen LogP contribution in [0.1, 0.15) is 58.3 Å². The summed E-state index contributed by atoms with van der Waals surface area (Å²) in [6, 6.07) is 2.76. The van der Waals surface area contributed by atoms with Crippen molar-refractivity contribution in [2.45, 2.75) is 64.2 Å². The van der Waals surface area contributed by atoms with Gasteiger partial charge in [0.05, 0.1) is 13.7 Å². The Bertz CT molecular complexity index is 643. The van der Waals surface area contributed by atoms with E-state index in [4.69, 9.17) is 9.47 Å². The number of methoxy groups -OCH3 is 1. The minimum absolute atomic E-state index is 0.0840. The van der Waals surface area contributed by atoms with Crippen LogP contribution >= 0.6 is 0 Å². The lowest BCUT2D eigenvalue weighted by Crippen LogP contribution is -2.32. The molecule has 1 aromatic rings. The average Bonchev–Trinajstić information content (AvgIpc) is 2.69. The van der Waals surface area contributed by atoms with Crippen molar-refractivity contribution < 1.29 is 27.0 Å². The Morgan fingerprint density at radius 3 is 1.89 bits per heavy atom. The summed E-state index contributed by atoms with van der Waals surface area (Å²) in [6.07, 6.45) is 7.13. The predicted molar refractivity (Wildman–Crippen MR) is 99.9 cm³/mol. The minimum atomic E-state index is -2.56. The smallest absolute Gasteiger partial charge is 0.248 e. The second-order valence-corrected chi connectivity index (χ2v) is 8.55. The Kier molecular flexibility index (Phi) is 6.77. The standard InChI is InChI=1S/C22H30F4O2/c1-22(25,26)17-9-7-16(8-10-17)15-5-3-14(4-6-15)13-28-19-12-11-18(27-2)20(23)21(19)24/h11-12,14-17H,3-10,13H2,1-2H3. The molecule has 0 atom stereocenters. The molecule has 2 aliphatic carbocycles. The summed E-state index contributed by atoms with van der Waals surface area (Å²) in [5, 5.41) is 0. The first-order valence-electron chi connectivity index (χ1n) is 10.3. The fourth-order valence-electron chi connectivity index (χ4n) is 4.91. The first-order chi connectivity index (χ1) is 13.3. The van der Waals surface area contributed by atoms with E-state index in [0.29, 0.717) is 37.2 Å². The molecule has 0 saturated heterocycles. The van der Waals surface area contributed by atoms with Gasteiger partial charge in [-0.15, -0.1) is 0 Å². The number of hydrogen-bond donors (Lipinski definition) is 0. The van der Waals surface area contributed by atoms with Gasteiger partial charge in [0, 0.05) is 5.92 Å². The number of ether oxygens (including phenoxy) is 2. The fourth-order valence-corrected chi connectivity index (χ4v) is 4.91. The molecule has 0 heterocycles. The molecule has 158 valence electrons. The molecule has 0 bridgehead atoms. The van der Waals surface area contributed by atoms with Crippen LogP contribution in [0.3, 0.4) is 0 Å². The SMILES string of the molecule is COc1ccc(OCC2CCC(C3CCC(C(C)(F)F)CC3)CC2)c(F)c1F. The van der Waals surface area contributed by atoms with Gasteiger partial charge in [-0.3, -0.25) is 0 Å². The van der Waals surface area contributed by atoms with Crippen molar-refractivity contribution in [2.24, 2.45) is 23.7 Å². The molecule has 0 spiro atoms. The molecule has 0 aromatic heterocycles. The van der Waals surface area contributed by atoms with E-state index in [9.17, 15) is 17.6 Å². The maximum Gasteiger partial charge on any atom is 0.248 e. The zero-order valence-electron chi connectivity index (χ0n) is 16.7.